The van der Waals surface area contributed by atoms with E-state index in [0.717, 1.165) is 17.4 Å². The molecule has 1 heteroatoms. The van der Waals surface area contributed by atoms with E-state index in [9.17, 15) is 4.79 Å². The molecule has 0 aliphatic heterocycles. The van der Waals surface area contributed by atoms with Crippen LogP contribution in [0.3, 0.4) is 0 Å². The van der Waals surface area contributed by atoms with Gasteiger partial charge in [0, 0.05) is 0 Å². The zero-order valence-electron chi connectivity index (χ0n) is 8.29. The fraction of sp³-hybridized carbons (Fsp3) is 0.250. The van der Waals surface area contributed by atoms with Crippen LogP contribution in [0.2, 0.25) is 0 Å². The van der Waals surface area contributed by atoms with Crippen molar-refractivity contribution in [3.63, 3.8) is 0 Å². The minimum Gasteiger partial charge on any atom is -0.298 e. The Labute approximate surface area is 79.1 Å². The number of hydrogen-bond donors (Lipinski definition) is 0. The summed E-state index contributed by atoms with van der Waals surface area (Å²) in [4.78, 5) is 10.4. The van der Waals surface area contributed by atoms with Crippen LogP contribution in [-0.4, -0.2) is 6.29 Å². The van der Waals surface area contributed by atoms with Gasteiger partial charge in [0.05, 0.1) is 0 Å². The van der Waals surface area contributed by atoms with Gasteiger partial charge in [-0.25, -0.2) is 0 Å². The highest BCUT2D eigenvalue weighted by Gasteiger charge is 1.93. The molecule has 0 saturated carbocycles. The standard InChI is InChI=1S/C12H14O/c1-9(8-13)6-12-5-4-10(2)11(3)7-12/h4-8H,1-3H3. The molecule has 0 aliphatic rings. The number of aryl methyl sites for hydroxylation is 2. The summed E-state index contributed by atoms with van der Waals surface area (Å²) < 4.78 is 0. The number of carbonyl (C=O) groups is 1. The summed E-state index contributed by atoms with van der Waals surface area (Å²) in [6.45, 7) is 5.96. The van der Waals surface area contributed by atoms with E-state index in [4.69, 9.17) is 0 Å². The second-order valence-corrected chi connectivity index (χ2v) is 3.35. The van der Waals surface area contributed by atoms with Crippen LogP contribution in [0.15, 0.2) is 23.8 Å². The van der Waals surface area contributed by atoms with E-state index in [1.807, 2.05) is 19.1 Å². The molecule has 0 atom stereocenters. The Kier molecular flexibility index (Phi) is 3.02. The lowest BCUT2D eigenvalue weighted by Crippen LogP contribution is -1.83. The molecule has 0 radical (unpaired) electrons. The van der Waals surface area contributed by atoms with Gasteiger partial charge >= 0.3 is 0 Å². The van der Waals surface area contributed by atoms with E-state index in [0.29, 0.717) is 0 Å². The molecule has 0 unspecified atom stereocenters. The van der Waals surface area contributed by atoms with Crippen LogP contribution in [-0.2, 0) is 4.79 Å². The van der Waals surface area contributed by atoms with Gasteiger partial charge in [-0.05, 0) is 49.1 Å². The monoisotopic (exact) mass is 174 g/mol. The molecule has 1 rings (SSSR count). The molecule has 0 saturated heterocycles. The third-order valence-electron chi connectivity index (χ3n) is 2.11. The number of benzene rings is 1. The van der Waals surface area contributed by atoms with Crippen molar-refractivity contribution in [2.75, 3.05) is 0 Å². The highest BCUT2D eigenvalue weighted by molar-refractivity contribution is 5.80. The summed E-state index contributed by atoms with van der Waals surface area (Å²) in [5, 5.41) is 0. The van der Waals surface area contributed by atoms with Crippen LogP contribution < -0.4 is 0 Å². The molecular weight excluding hydrogens is 160 g/mol. The SMILES string of the molecule is CC(C=O)=Cc1ccc(C)c(C)c1. The Bertz CT molecular complexity index is 348. The Morgan fingerprint density at radius 3 is 2.46 bits per heavy atom. The second kappa shape index (κ2) is 4.04. The fourth-order valence-electron chi connectivity index (χ4n) is 1.15. The van der Waals surface area contributed by atoms with Crippen LogP contribution in [0.4, 0.5) is 0 Å². The summed E-state index contributed by atoms with van der Waals surface area (Å²) in [7, 11) is 0. The van der Waals surface area contributed by atoms with Gasteiger partial charge in [-0.1, -0.05) is 18.2 Å². The largest absolute Gasteiger partial charge is 0.298 e. The fourth-order valence-corrected chi connectivity index (χ4v) is 1.15. The average molecular weight is 174 g/mol. The molecule has 0 fully saturated rings. The molecule has 13 heavy (non-hydrogen) atoms. The summed E-state index contributed by atoms with van der Waals surface area (Å²) in [6.07, 6.45) is 2.76. The zero-order chi connectivity index (χ0) is 9.84. The van der Waals surface area contributed by atoms with Crippen molar-refractivity contribution in [2.24, 2.45) is 0 Å². The quantitative estimate of drug-likeness (QED) is 0.497. The smallest absolute Gasteiger partial charge is 0.145 e. The molecule has 0 aromatic heterocycles. The van der Waals surface area contributed by atoms with E-state index in [2.05, 4.69) is 26.0 Å². The Hall–Kier alpha value is -1.37. The third kappa shape index (κ3) is 2.55. The Balaban J connectivity index is 3.04. The van der Waals surface area contributed by atoms with Gasteiger partial charge in [0.2, 0.25) is 0 Å². The lowest BCUT2D eigenvalue weighted by molar-refractivity contribution is -0.104. The van der Waals surface area contributed by atoms with E-state index < -0.39 is 0 Å². The molecule has 68 valence electrons. The van der Waals surface area contributed by atoms with Crippen molar-refractivity contribution < 1.29 is 4.79 Å². The van der Waals surface area contributed by atoms with Crippen molar-refractivity contribution >= 4 is 12.4 Å². The highest BCUT2D eigenvalue weighted by atomic mass is 16.1. The summed E-state index contributed by atoms with van der Waals surface area (Å²) in [5.74, 6) is 0. The molecule has 0 spiro atoms. The zero-order valence-corrected chi connectivity index (χ0v) is 8.29. The average Bonchev–Trinajstić information content (AvgIpc) is 2.11. The van der Waals surface area contributed by atoms with Crippen LogP contribution in [0.25, 0.3) is 6.08 Å². The first kappa shape index (κ1) is 9.72. The first-order chi connectivity index (χ1) is 6.13. The van der Waals surface area contributed by atoms with Gasteiger partial charge in [-0.2, -0.15) is 0 Å². The van der Waals surface area contributed by atoms with Gasteiger partial charge < -0.3 is 0 Å². The number of carbonyl (C=O) groups excluding carboxylic acids is 1. The molecule has 0 aliphatic carbocycles. The normalized spacial score (nSPS) is 11.5. The van der Waals surface area contributed by atoms with E-state index in [1.165, 1.54) is 11.1 Å². The van der Waals surface area contributed by atoms with E-state index in [1.54, 1.807) is 0 Å². The minimum absolute atomic E-state index is 0.753. The van der Waals surface area contributed by atoms with E-state index in [-0.39, 0.29) is 0 Å². The molecule has 1 aromatic carbocycles. The Morgan fingerprint density at radius 1 is 1.23 bits per heavy atom. The predicted molar refractivity (Wildman–Crippen MR) is 55.6 cm³/mol. The molecule has 1 aromatic rings. The van der Waals surface area contributed by atoms with Crippen LogP contribution in [0, 0.1) is 13.8 Å². The number of hydrogen-bond acceptors (Lipinski definition) is 1. The Morgan fingerprint density at radius 2 is 1.92 bits per heavy atom. The summed E-state index contributed by atoms with van der Waals surface area (Å²) >= 11 is 0. The van der Waals surface area contributed by atoms with E-state index >= 15 is 0 Å². The van der Waals surface area contributed by atoms with Gasteiger partial charge in [-0.15, -0.1) is 0 Å². The van der Waals surface area contributed by atoms with Crippen molar-refractivity contribution in [3.05, 3.63) is 40.5 Å². The first-order valence-corrected chi connectivity index (χ1v) is 4.34. The van der Waals surface area contributed by atoms with Crippen LogP contribution in [0.1, 0.15) is 23.6 Å². The second-order valence-electron chi connectivity index (χ2n) is 3.35. The molecular formula is C12H14O. The molecule has 0 amide bonds. The number of aldehydes is 1. The van der Waals surface area contributed by atoms with Gasteiger partial charge in [-0.3, -0.25) is 4.79 Å². The third-order valence-corrected chi connectivity index (χ3v) is 2.11. The number of allylic oxidation sites excluding steroid dienone is 1. The molecule has 1 nitrogen and oxygen atoms in total. The molecule has 0 heterocycles. The van der Waals surface area contributed by atoms with Gasteiger partial charge in [0.15, 0.2) is 0 Å². The maximum atomic E-state index is 10.4. The van der Waals surface area contributed by atoms with Gasteiger partial charge in [0.1, 0.15) is 6.29 Å². The number of rotatable bonds is 2. The maximum absolute atomic E-state index is 10.4. The maximum Gasteiger partial charge on any atom is 0.145 e. The highest BCUT2D eigenvalue weighted by Crippen LogP contribution is 2.12. The predicted octanol–water partition coefficient (Wildman–Crippen LogP) is 2.91. The van der Waals surface area contributed by atoms with Crippen molar-refractivity contribution in [2.45, 2.75) is 20.8 Å². The lowest BCUT2D eigenvalue weighted by atomic mass is 10.1. The topological polar surface area (TPSA) is 17.1 Å². The first-order valence-electron chi connectivity index (χ1n) is 4.34. The summed E-state index contributed by atoms with van der Waals surface area (Å²) in [6, 6.07) is 6.18. The van der Waals surface area contributed by atoms with Crippen molar-refractivity contribution in [1.29, 1.82) is 0 Å². The van der Waals surface area contributed by atoms with Crippen molar-refractivity contribution in [1.82, 2.24) is 0 Å². The van der Waals surface area contributed by atoms with Gasteiger partial charge in [0.25, 0.3) is 0 Å². The van der Waals surface area contributed by atoms with Crippen LogP contribution >= 0.6 is 0 Å². The van der Waals surface area contributed by atoms with Crippen LogP contribution in [0.5, 0.6) is 0 Å². The molecule has 0 bridgehead atoms. The van der Waals surface area contributed by atoms with Crippen molar-refractivity contribution in [3.8, 4) is 0 Å². The lowest BCUT2D eigenvalue weighted by Gasteiger charge is -2.00. The molecule has 0 N–H and O–H groups in total. The summed E-state index contributed by atoms with van der Waals surface area (Å²) in [5.41, 5.74) is 4.38. The minimum atomic E-state index is 0.753.